The van der Waals surface area contributed by atoms with Gasteiger partial charge in [-0.05, 0) is 23.6 Å². The molecular formula is C14H15ClFNO3. The van der Waals surface area contributed by atoms with Gasteiger partial charge in [-0.15, -0.1) is 0 Å². The number of benzene rings is 1. The van der Waals surface area contributed by atoms with Gasteiger partial charge in [0.1, 0.15) is 12.8 Å². The van der Waals surface area contributed by atoms with E-state index in [-0.39, 0.29) is 26.1 Å². The van der Waals surface area contributed by atoms with Gasteiger partial charge < -0.3 is 9.64 Å². The summed E-state index contributed by atoms with van der Waals surface area (Å²) in [6.45, 7) is 0.164. The van der Waals surface area contributed by atoms with Gasteiger partial charge in [-0.2, -0.15) is 0 Å². The molecule has 1 aliphatic rings. The standard InChI is InChI=1S/C14H15ClFNO3/c15-13(18)11-6-12(16)8-17(7-11)14(19)20-9-10-4-2-1-3-5-10/h1-5,11-12H,6-9H2/t11-,12-/m0/s1. The molecule has 1 aromatic rings. The topological polar surface area (TPSA) is 46.6 Å². The molecule has 108 valence electrons. The van der Waals surface area contributed by atoms with E-state index in [1.165, 1.54) is 4.90 Å². The molecule has 1 aliphatic heterocycles. The summed E-state index contributed by atoms with van der Waals surface area (Å²) in [5.74, 6) is -0.662. The Morgan fingerprint density at radius 1 is 1.30 bits per heavy atom. The number of hydrogen-bond acceptors (Lipinski definition) is 3. The quantitative estimate of drug-likeness (QED) is 0.806. The summed E-state index contributed by atoms with van der Waals surface area (Å²) < 4.78 is 18.6. The number of amides is 1. The van der Waals surface area contributed by atoms with E-state index in [1.807, 2.05) is 30.3 Å². The van der Waals surface area contributed by atoms with Crippen LogP contribution in [0.2, 0.25) is 0 Å². The number of hydrogen-bond donors (Lipinski definition) is 0. The van der Waals surface area contributed by atoms with Crippen molar-refractivity contribution in [3.8, 4) is 0 Å². The minimum absolute atomic E-state index is 0.0603. The summed E-state index contributed by atoms with van der Waals surface area (Å²) in [6, 6.07) is 9.19. The van der Waals surface area contributed by atoms with Crippen molar-refractivity contribution in [3.63, 3.8) is 0 Å². The van der Waals surface area contributed by atoms with Crippen LogP contribution in [0.5, 0.6) is 0 Å². The van der Waals surface area contributed by atoms with Gasteiger partial charge in [0.2, 0.25) is 5.24 Å². The lowest BCUT2D eigenvalue weighted by molar-refractivity contribution is -0.117. The van der Waals surface area contributed by atoms with Crippen molar-refractivity contribution >= 4 is 22.9 Å². The first-order valence-electron chi connectivity index (χ1n) is 6.35. The normalized spacial score (nSPS) is 22.4. The van der Waals surface area contributed by atoms with E-state index < -0.39 is 23.4 Å². The molecule has 2 rings (SSSR count). The van der Waals surface area contributed by atoms with Crippen LogP contribution in [0.25, 0.3) is 0 Å². The second kappa shape index (κ2) is 6.70. The van der Waals surface area contributed by atoms with Crippen molar-refractivity contribution in [3.05, 3.63) is 35.9 Å². The number of halogens is 2. The number of ether oxygens (including phenoxy) is 1. The molecule has 6 heteroatoms. The molecule has 20 heavy (non-hydrogen) atoms. The van der Waals surface area contributed by atoms with Crippen LogP contribution in [0.15, 0.2) is 30.3 Å². The van der Waals surface area contributed by atoms with Crippen molar-refractivity contribution in [2.24, 2.45) is 5.92 Å². The lowest BCUT2D eigenvalue weighted by atomic mass is 9.98. The Morgan fingerprint density at radius 3 is 2.65 bits per heavy atom. The molecule has 1 fully saturated rings. The first-order valence-corrected chi connectivity index (χ1v) is 6.73. The summed E-state index contributed by atoms with van der Waals surface area (Å²) in [6.07, 6.45) is -1.81. The highest BCUT2D eigenvalue weighted by molar-refractivity contribution is 6.64. The Morgan fingerprint density at radius 2 is 2.00 bits per heavy atom. The predicted octanol–water partition coefficient (Wildman–Crippen LogP) is 2.75. The smallest absolute Gasteiger partial charge is 0.410 e. The molecule has 4 nitrogen and oxygen atoms in total. The fourth-order valence-corrected chi connectivity index (χ4v) is 2.32. The van der Waals surface area contributed by atoms with E-state index in [0.717, 1.165) is 5.56 Å². The zero-order valence-electron chi connectivity index (χ0n) is 10.8. The molecule has 1 saturated heterocycles. The first kappa shape index (κ1) is 14.8. The van der Waals surface area contributed by atoms with Crippen molar-refractivity contribution in [2.75, 3.05) is 13.1 Å². The number of alkyl halides is 1. The Hall–Kier alpha value is -1.62. The molecule has 0 saturated carbocycles. The van der Waals surface area contributed by atoms with Crippen LogP contribution >= 0.6 is 11.6 Å². The number of rotatable bonds is 3. The maximum atomic E-state index is 13.5. The van der Waals surface area contributed by atoms with Gasteiger partial charge in [0.05, 0.1) is 12.5 Å². The van der Waals surface area contributed by atoms with Crippen LogP contribution < -0.4 is 0 Å². The number of piperidine rings is 1. The fraction of sp³-hybridized carbons (Fsp3) is 0.429. The minimum Gasteiger partial charge on any atom is -0.445 e. The molecule has 0 bridgehead atoms. The zero-order chi connectivity index (χ0) is 14.5. The van der Waals surface area contributed by atoms with E-state index in [2.05, 4.69) is 0 Å². The molecule has 1 aromatic carbocycles. The Balaban J connectivity index is 1.90. The second-order valence-corrected chi connectivity index (χ2v) is 5.15. The second-order valence-electron chi connectivity index (χ2n) is 4.78. The highest BCUT2D eigenvalue weighted by Crippen LogP contribution is 2.22. The Kier molecular flexibility index (Phi) is 4.95. The minimum atomic E-state index is -1.25. The predicted molar refractivity (Wildman–Crippen MR) is 72.1 cm³/mol. The summed E-state index contributed by atoms with van der Waals surface area (Å²) in [4.78, 5) is 24.2. The zero-order valence-corrected chi connectivity index (χ0v) is 11.6. The number of carbonyl (C=O) groups is 2. The van der Waals surface area contributed by atoms with E-state index >= 15 is 0 Å². The highest BCUT2D eigenvalue weighted by atomic mass is 35.5. The number of likely N-dealkylation sites (tertiary alicyclic amines) is 1. The molecule has 1 amide bonds. The molecule has 0 radical (unpaired) electrons. The van der Waals surface area contributed by atoms with Crippen LogP contribution in [0.1, 0.15) is 12.0 Å². The average Bonchev–Trinajstić information content (AvgIpc) is 2.45. The molecule has 0 N–H and O–H groups in total. The summed E-state index contributed by atoms with van der Waals surface area (Å²) in [7, 11) is 0. The largest absolute Gasteiger partial charge is 0.445 e. The van der Waals surface area contributed by atoms with Gasteiger partial charge >= 0.3 is 6.09 Å². The van der Waals surface area contributed by atoms with Crippen molar-refractivity contribution < 1.29 is 18.7 Å². The SMILES string of the molecule is O=C(Cl)[C@H]1C[C@H](F)CN(C(=O)OCc2ccccc2)C1. The maximum absolute atomic E-state index is 13.5. The third kappa shape index (κ3) is 3.93. The van der Waals surface area contributed by atoms with Crippen molar-refractivity contribution in [1.29, 1.82) is 0 Å². The molecule has 1 heterocycles. The van der Waals surface area contributed by atoms with Crippen LogP contribution in [-0.4, -0.2) is 35.5 Å². The summed E-state index contributed by atoms with van der Waals surface area (Å²) in [5, 5.41) is -0.617. The third-order valence-electron chi connectivity index (χ3n) is 3.18. The molecule has 0 unspecified atom stereocenters. The van der Waals surface area contributed by atoms with E-state index in [1.54, 1.807) is 0 Å². The van der Waals surface area contributed by atoms with Crippen LogP contribution in [-0.2, 0) is 16.1 Å². The van der Waals surface area contributed by atoms with E-state index in [4.69, 9.17) is 16.3 Å². The van der Waals surface area contributed by atoms with Gasteiger partial charge in [-0.25, -0.2) is 9.18 Å². The average molecular weight is 300 g/mol. The van der Waals surface area contributed by atoms with Crippen molar-refractivity contribution in [1.82, 2.24) is 4.90 Å². The first-order chi connectivity index (χ1) is 9.56. The van der Waals surface area contributed by atoms with Crippen LogP contribution in [0.3, 0.4) is 0 Å². The Labute approximate surface area is 121 Å². The summed E-state index contributed by atoms with van der Waals surface area (Å²) in [5.41, 5.74) is 0.847. The fourth-order valence-electron chi connectivity index (χ4n) is 2.16. The molecule has 0 spiro atoms. The summed E-state index contributed by atoms with van der Waals surface area (Å²) >= 11 is 5.38. The van der Waals surface area contributed by atoms with Gasteiger partial charge in [-0.3, -0.25) is 4.79 Å². The molecule has 0 aromatic heterocycles. The lowest BCUT2D eigenvalue weighted by Gasteiger charge is -2.32. The number of nitrogens with zero attached hydrogens (tertiary/aromatic N) is 1. The van der Waals surface area contributed by atoms with Gasteiger partial charge in [0.15, 0.2) is 0 Å². The maximum Gasteiger partial charge on any atom is 0.410 e. The van der Waals surface area contributed by atoms with Crippen LogP contribution in [0, 0.1) is 5.92 Å². The van der Waals surface area contributed by atoms with Crippen molar-refractivity contribution in [2.45, 2.75) is 19.2 Å². The van der Waals surface area contributed by atoms with Crippen LogP contribution in [0.4, 0.5) is 9.18 Å². The molecule has 0 aliphatic carbocycles. The van der Waals surface area contributed by atoms with Gasteiger partial charge in [0.25, 0.3) is 0 Å². The molecular weight excluding hydrogens is 285 g/mol. The lowest BCUT2D eigenvalue weighted by Crippen LogP contribution is -2.46. The van der Waals surface area contributed by atoms with E-state index in [0.29, 0.717) is 0 Å². The number of carbonyl (C=O) groups excluding carboxylic acids is 2. The van der Waals surface area contributed by atoms with E-state index in [9.17, 15) is 14.0 Å². The monoisotopic (exact) mass is 299 g/mol. The van der Waals surface area contributed by atoms with Gasteiger partial charge in [0, 0.05) is 6.54 Å². The molecule has 2 atom stereocenters. The van der Waals surface area contributed by atoms with Gasteiger partial charge in [-0.1, -0.05) is 30.3 Å². The highest BCUT2D eigenvalue weighted by Gasteiger charge is 2.33. The Bertz CT molecular complexity index is 483. The third-order valence-corrected chi connectivity index (χ3v) is 3.49.